The van der Waals surface area contributed by atoms with E-state index in [4.69, 9.17) is 0 Å². The quantitative estimate of drug-likeness (QED) is 0.803. The molecule has 2 rings (SSSR count). The number of tetrazole rings is 1. The Labute approximate surface area is 102 Å². The molecule has 1 aromatic heterocycles. The van der Waals surface area contributed by atoms with Crippen LogP contribution in [0.2, 0.25) is 0 Å². The molecule has 0 unspecified atom stereocenters. The molecule has 17 heavy (non-hydrogen) atoms. The van der Waals surface area contributed by atoms with Crippen molar-refractivity contribution >= 4 is 0 Å². The normalized spacial score (nSPS) is 21.0. The Bertz CT molecular complexity index is 368. The molecule has 1 aliphatic rings. The number of hydrogen-bond donors (Lipinski definition) is 1. The van der Waals surface area contributed by atoms with Crippen molar-refractivity contribution in [3.63, 3.8) is 0 Å². The van der Waals surface area contributed by atoms with E-state index in [-0.39, 0.29) is 0 Å². The largest absolute Gasteiger partial charge is 0.389 e. The SMILES string of the molecule is CC(C)N1CCC(O)(Cc2nnn(C)n2)CC1. The fraction of sp³-hybridized carbons (Fsp3) is 0.909. The molecular formula is C11H21N5O. The van der Waals surface area contributed by atoms with Crippen LogP contribution in [0.4, 0.5) is 0 Å². The summed E-state index contributed by atoms with van der Waals surface area (Å²) < 4.78 is 0. The van der Waals surface area contributed by atoms with Crippen LogP contribution in [-0.2, 0) is 13.5 Å². The van der Waals surface area contributed by atoms with E-state index in [9.17, 15) is 5.11 Å². The summed E-state index contributed by atoms with van der Waals surface area (Å²) in [6, 6.07) is 0.550. The van der Waals surface area contributed by atoms with Crippen molar-refractivity contribution in [2.24, 2.45) is 7.05 Å². The second-order valence-electron chi connectivity index (χ2n) is 5.23. The molecule has 2 heterocycles. The average Bonchev–Trinajstić information content (AvgIpc) is 2.63. The van der Waals surface area contributed by atoms with Gasteiger partial charge in [0.2, 0.25) is 0 Å². The molecule has 0 bridgehead atoms. The van der Waals surface area contributed by atoms with Crippen LogP contribution in [-0.4, -0.2) is 54.9 Å². The molecule has 6 nitrogen and oxygen atoms in total. The van der Waals surface area contributed by atoms with E-state index >= 15 is 0 Å². The van der Waals surface area contributed by atoms with Gasteiger partial charge in [-0.25, -0.2) is 0 Å². The number of piperidine rings is 1. The third kappa shape index (κ3) is 3.01. The van der Waals surface area contributed by atoms with Crippen LogP contribution >= 0.6 is 0 Å². The fourth-order valence-electron chi connectivity index (χ4n) is 2.32. The number of rotatable bonds is 3. The zero-order chi connectivity index (χ0) is 12.5. The molecule has 0 spiro atoms. The third-order valence-electron chi connectivity index (χ3n) is 3.50. The summed E-state index contributed by atoms with van der Waals surface area (Å²) in [5.74, 6) is 0.632. The van der Waals surface area contributed by atoms with Crippen LogP contribution in [0.15, 0.2) is 0 Å². The molecule has 0 aromatic carbocycles. The van der Waals surface area contributed by atoms with Crippen molar-refractivity contribution in [2.45, 2.75) is 44.8 Å². The Hall–Kier alpha value is -1.01. The van der Waals surface area contributed by atoms with Crippen LogP contribution in [0.25, 0.3) is 0 Å². The zero-order valence-corrected chi connectivity index (χ0v) is 10.8. The lowest BCUT2D eigenvalue weighted by Crippen LogP contribution is -2.48. The summed E-state index contributed by atoms with van der Waals surface area (Å²) in [5.41, 5.74) is -0.658. The Balaban J connectivity index is 1.93. The molecule has 1 saturated heterocycles. The van der Waals surface area contributed by atoms with Crippen molar-refractivity contribution in [1.29, 1.82) is 0 Å². The van der Waals surface area contributed by atoms with Gasteiger partial charge < -0.3 is 10.0 Å². The van der Waals surface area contributed by atoms with Crippen LogP contribution in [0.5, 0.6) is 0 Å². The summed E-state index contributed by atoms with van der Waals surface area (Å²) >= 11 is 0. The van der Waals surface area contributed by atoms with Crippen molar-refractivity contribution in [3.05, 3.63) is 5.82 Å². The summed E-state index contributed by atoms with van der Waals surface area (Å²) in [6.07, 6.45) is 2.07. The van der Waals surface area contributed by atoms with Crippen molar-refractivity contribution in [3.8, 4) is 0 Å². The van der Waals surface area contributed by atoms with Crippen molar-refractivity contribution in [2.75, 3.05) is 13.1 Å². The van der Waals surface area contributed by atoms with Gasteiger partial charge in [-0.15, -0.1) is 10.2 Å². The lowest BCUT2D eigenvalue weighted by atomic mass is 9.87. The number of aryl methyl sites for hydroxylation is 1. The first-order valence-electron chi connectivity index (χ1n) is 6.18. The maximum Gasteiger partial charge on any atom is 0.177 e. The van der Waals surface area contributed by atoms with Gasteiger partial charge in [0, 0.05) is 25.6 Å². The highest BCUT2D eigenvalue weighted by molar-refractivity contribution is 4.95. The first kappa shape index (κ1) is 12.4. The molecule has 6 heteroatoms. The maximum atomic E-state index is 10.5. The van der Waals surface area contributed by atoms with Gasteiger partial charge in [0.1, 0.15) is 0 Å². The van der Waals surface area contributed by atoms with Crippen molar-refractivity contribution in [1.82, 2.24) is 25.1 Å². The highest BCUT2D eigenvalue weighted by Crippen LogP contribution is 2.26. The smallest absolute Gasteiger partial charge is 0.177 e. The minimum Gasteiger partial charge on any atom is -0.389 e. The summed E-state index contributed by atoms with van der Waals surface area (Å²) in [5, 5.41) is 22.3. The lowest BCUT2D eigenvalue weighted by Gasteiger charge is -2.39. The summed E-state index contributed by atoms with van der Waals surface area (Å²) in [7, 11) is 1.74. The monoisotopic (exact) mass is 239 g/mol. The van der Waals surface area contributed by atoms with Gasteiger partial charge in [-0.2, -0.15) is 4.80 Å². The van der Waals surface area contributed by atoms with E-state index in [1.165, 1.54) is 4.80 Å². The highest BCUT2D eigenvalue weighted by atomic mass is 16.3. The molecule has 1 N–H and O–H groups in total. The predicted molar refractivity (Wildman–Crippen MR) is 63.4 cm³/mol. The van der Waals surface area contributed by atoms with E-state index in [0.29, 0.717) is 18.3 Å². The minimum atomic E-state index is -0.658. The Morgan fingerprint density at radius 2 is 2.00 bits per heavy atom. The van der Waals surface area contributed by atoms with E-state index in [1.807, 2.05) is 0 Å². The maximum absolute atomic E-state index is 10.5. The number of nitrogens with zero attached hydrogens (tertiary/aromatic N) is 5. The average molecular weight is 239 g/mol. The fourth-order valence-corrected chi connectivity index (χ4v) is 2.32. The Morgan fingerprint density at radius 3 is 2.47 bits per heavy atom. The zero-order valence-electron chi connectivity index (χ0n) is 10.8. The van der Waals surface area contributed by atoms with Gasteiger partial charge in [-0.05, 0) is 31.9 Å². The van der Waals surface area contributed by atoms with Crippen LogP contribution < -0.4 is 0 Å². The molecule has 0 radical (unpaired) electrons. The van der Waals surface area contributed by atoms with E-state index in [0.717, 1.165) is 25.9 Å². The molecule has 1 aromatic rings. The topological polar surface area (TPSA) is 67.1 Å². The molecule has 0 atom stereocenters. The van der Waals surface area contributed by atoms with Gasteiger partial charge in [-0.3, -0.25) is 0 Å². The van der Waals surface area contributed by atoms with Crippen LogP contribution in [0, 0.1) is 0 Å². The minimum absolute atomic E-state index is 0.507. The van der Waals surface area contributed by atoms with Crippen LogP contribution in [0.1, 0.15) is 32.5 Å². The number of likely N-dealkylation sites (tertiary alicyclic amines) is 1. The highest BCUT2D eigenvalue weighted by Gasteiger charge is 2.34. The Kier molecular flexibility index (Phi) is 3.44. The van der Waals surface area contributed by atoms with Gasteiger partial charge >= 0.3 is 0 Å². The predicted octanol–water partition coefficient (Wildman–Crippen LogP) is -0.0121. The first-order chi connectivity index (χ1) is 7.98. The molecule has 0 saturated carbocycles. The molecule has 96 valence electrons. The summed E-state index contributed by atoms with van der Waals surface area (Å²) in [4.78, 5) is 3.82. The molecule has 1 aliphatic heterocycles. The van der Waals surface area contributed by atoms with Crippen LogP contribution in [0.3, 0.4) is 0 Å². The van der Waals surface area contributed by atoms with Gasteiger partial charge in [0.05, 0.1) is 12.6 Å². The second kappa shape index (κ2) is 4.70. The molecular weight excluding hydrogens is 218 g/mol. The van der Waals surface area contributed by atoms with E-state index < -0.39 is 5.60 Å². The molecule has 0 aliphatic carbocycles. The van der Waals surface area contributed by atoms with E-state index in [1.54, 1.807) is 7.05 Å². The standard InChI is InChI=1S/C11H21N5O/c1-9(2)16-6-4-11(17,5-7-16)8-10-12-14-15(3)13-10/h9,17H,4-8H2,1-3H3. The van der Waals surface area contributed by atoms with Gasteiger partial charge in [0.25, 0.3) is 0 Å². The van der Waals surface area contributed by atoms with E-state index in [2.05, 4.69) is 34.2 Å². The van der Waals surface area contributed by atoms with Crippen molar-refractivity contribution < 1.29 is 5.11 Å². The lowest BCUT2D eigenvalue weighted by molar-refractivity contribution is -0.0285. The molecule has 0 amide bonds. The van der Waals surface area contributed by atoms with Gasteiger partial charge in [-0.1, -0.05) is 0 Å². The third-order valence-corrected chi connectivity index (χ3v) is 3.50. The number of aliphatic hydroxyl groups is 1. The second-order valence-corrected chi connectivity index (χ2v) is 5.23. The molecule has 1 fully saturated rings. The van der Waals surface area contributed by atoms with Gasteiger partial charge in [0.15, 0.2) is 5.82 Å². The summed E-state index contributed by atoms with van der Waals surface area (Å²) in [6.45, 7) is 6.26. The number of aromatic nitrogens is 4. The first-order valence-corrected chi connectivity index (χ1v) is 6.18. The number of hydrogen-bond acceptors (Lipinski definition) is 5. The Morgan fingerprint density at radius 1 is 1.35 bits per heavy atom.